The highest BCUT2D eigenvalue weighted by Crippen LogP contribution is 2.31. The van der Waals surface area contributed by atoms with Crippen molar-refractivity contribution in [2.75, 3.05) is 0 Å². The summed E-state index contributed by atoms with van der Waals surface area (Å²) in [6, 6.07) is 3.32. The SMILES string of the molecule is Fc1ccc(F)c(-c2n[nH]c(C3CCCCC3)n2)c1. The molecule has 3 rings (SSSR count). The summed E-state index contributed by atoms with van der Waals surface area (Å²) in [7, 11) is 0. The molecule has 0 bridgehead atoms. The van der Waals surface area contributed by atoms with Gasteiger partial charge in [-0.3, -0.25) is 5.10 Å². The lowest BCUT2D eigenvalue weighted by molar-refractivity contribution is 0.429. The molecule has 0 radical (unpaired) electrons. The van der Waals surface area contributed by atoms with E-state index in [-0.39, 0.29) is 11.4 Å². The van der Waals surface area contributed by atoms with E-state index >= 15 is 0 Å². The normalized spacial score (nSPS) is 16.7. The van der Waals surface area contributed by atoms with Crippen LogP contribution in [0.2, 0.25) is 0 Å². The van der Waals surface area contributed by atoms with Gasteiger partial charge in [0.15, 0.2) is 5.82 Å². The van der Waals surface area contributed by atoms with Gasteiger partial charge in [0.1, 0.15) is 17.5 Å². The summed E-state index contributed by atoms with van der Waals surface area (Å²) in [6.07, 6.45) is 5.81. The third-order valence-electron chi connectivity index (χ3n) is 3.66. The molecule has 5 heteroatoms. The molecule has 0 saturated heterocycles. The Kier molecular flexibility index (Phi) is 3.27. The average molecular weight is 263 g/mol. The van der Waals surface area contributed by atoms with Gasteiger partial charge in [-0.15, -0.1) is 0 Å². The van der Waals surface area contributed by atoms with Crippen molar-refractivity contribution in [1.29, 1.82) is 0 Å². The maximum atomic E-state index is 13.6. The van der Waals surface area contributed by atoms with E-state index in [2.05, 4.69) is 15.2 Å². The highest BCUT2D eigenvalue weighted by molar-refractivity contribution is 5.55. The van der Waals surface area contributed by atoms with Gasteiger partial charge in [0, 0.05) is 5.92 Å². The predicted molar refractivity (Wildman–Crippen MR) is 67.6 cm³/mol. The maximum Gasteiger partial charge on any atom is 0.184 e. The van der Waals surface area contributed by atoms with Crippen LogP contribution in [0.3, 0.4) is 0 Å². The van der Waals surface area contributed by atoms with E-state index in [1.165, 1.54) is 19.3 Å². The van der Waals surface area contributed by atoms with E-state index in [9.17, 15) is 8.78 Å². The first-order chi connectivity index (χ1) is 9.24. The molecule has 1 aliphatic rings. The first-order valence-corrected chi connectivity index (χ1v) is 6.62. The largest absolute Gasteiger partial charge is 0.262 e. The van der Waals surface area contributed by atoms with Crippen molar-refractivity contribution in [3.63, 3.8) is 0 Å². The Hall–Kier alpha value is -1.78. The van der Waals surface area contributed by atoms with Crippen molar-refractivity contribution < 1.29 is 8.78 Å². The van der Waals surface area contributed by atoms with E-state index in [0.717, 1.165) is 36.9 Å². The third kappa shape index (κ3) is 2.50. The van der Waals surface area contributed by atoms with Gasteiger partial charge in [-0.2, -0.15) is 5.10 Å². The molecule has 0 aliphatic heterocycles. The van der Waals surface area contributed by atoms with Crippen LogP contribution in [0.5, 0.6) is 0 Å². The van der Waals surface area contributed by atoms with Crippen LogP contribution in [-0.4, -0.2) is 15.2 Å². The predicted octanol–water partition coefficient (Wildman–Crippen LogP) is 3.80. The molecule has 1 aromatic carbocycles. The smallest absolute Gasteiger partial charge is 0.184 e. The topological polar surface area (TPSA) is 41.6 Å². The molecule has 1 aliphatic carbocycles. The number of H-pyrrole nitrogens is 1. The molecular formula is C14H15F2N3. The average Bonchev–Trinajstić information content (AvgIpc) is 2.92. The second-order valence-corrected chi connectivity index (χ2v) is 5.00. The molecule has 1 heterocycles. The van der Waals surface area contributed by atoms with Crippen LogP contribution < -0.4 is 0 Å². The first kappa shape index (κ1) is 12.3. The van der Waals surface area contributed by atoms with Crippen molar-refractivity contribution in [3.8, 4) is 11.4 Å². The molecule has 3 nitrogen and oxygen atoms in total. The Labute approximate surface area is 110 Å². The van der Waals surface area contributed by atoms with Crippen molar-refractivity contribution in [2.24, 2.45) is 0 Å². The number of aromatic nitrogens is 3. The number of nitrogens with zero attached hydrogens (tertiary/aromatic N) is 2. The van der Waals surface area contributed by atoms with Crippen molar-refractivity contribution >= 4 is 0 Å². The number of hydrogen-bond donors (Lipinski definition) is 1. The van der Waals surface area contributed by atoms with Crippen LogP contribution in [0.1, 0.15) is 43.8 Å². The van der Waals surface area contributed by atoms with Crippen molar-refractivity contribution in [3.05, 3.63) is 35.7 Å². The maximum absolute atomic E-state index is 13.6. The molecule has 0 amide bonds. The molecule has 2 aromatic rings. The molecule has 100 valence electrons. The summed E-state index contributed by atoms with van der Waals surface area (Å²) in [6.45, 7) is 0. The fourth-order valence-electron chi connectivity index (χ4n) is 2.62. The van der Waals surface area contributed by atoms with E-state index in [1.54, 1.807) is 0 Å². The van der Waals surface area contributed by atoms with E-state index < -0.39 is 11.6 Å². The summed E-state index contributed by atoms with van der Waals surface area (Å²) >= 11 is 0. The first-order valence-electron chi connectivity index (χ1n) is 6.62. The summed E-state index contributed by atoms with van der Waals surface area (Å²) in [5, 5.41) is 6.89. The van der Waals surface area contributed by atoms with Gasteiger partial charge in [0.2, 0.25) is 0 Å². The van der Waals surface area contributed by atoms with E-state index in [0.29, 0.717) is 5.92 Å². The van der Waals surface area contributed by atoms with Crippen LogP contribution >= 0.6 is 0 Å². The van der Waals surface area contributed by atoms with Gasteiger partial charge >= 0.3 is 0 Å². The minimum Gasteiger partial charge on any atom is -0.262 e. The molecular weight excluding hydrogens is 248 g/mol. The van der Waals surface area contributed by atoms with Crippen LogP contribution in [0, 0.1) is 11.6 Å². The number of aromatic amines is 1. The van der Waals surface area contributed by atoms with Gasteiger partial charge in [-0.25, -0.2) is 13.8 Å². The molecule has 1 fully saturated rings. The monoisotopic (exact) mass is 263 g/mol. The third-order valence-corrected chi connectivity index (χ3v) is 3.66. The fourth-order valence-corrected chi connectivity index (χ4v) is 2.62. The van der Waals surface area contributed by atoms with Gasteiger partial charge in [0.25, 0.3) is 0 Å². The lowest BCUT2D eigenvalue weighted by Crippen LogP contribution is -2.06. The van der Waals surface area contributed by atoms with Crippen LogP contribution in [0.25, 0.3) is 11.4 Å². The van der Waals surface area contributed by atoms with Crippen LogP contribution in [0.4, 0.5) is 8.78 Å². The Morgan fingerprint density at radius 2 is 1.89 bits per heavy atom. The van der Waals surface area contributed by atoms with E-state index in [1.807, 2.05) is 0 Å². The molecule has 1 aromatic heterocycles. The second kappa shape index (κ2) is 5.07. The van der Waals surface area contributed by atoms with Crippen molar-refractivity contribution in [2.45, 2.75) is 38.0 Å². The van der Waals surface area contributed by atoms with Gasteiger partial charge in [0.05, 0.1) is 5.56 Å². The zero-order valence-electron chi connectivity index (χ0n) is 10.5. The van der Waals surface area contributed by atoms with E-state index in [4.69, 9.17) is 0 Å². The summed E-state index contributed by atoms with van der Waals surface area (Å²) < 4.78 is 26.8. The minimum absolute atomic E-state index is 0.110. The number of hydrogen-bond acceptors (Lipinski definition) is 2. The second-order valence-electron chi connectivity index (χ2n) is 5.00. The summed E-state index contributed by atoms with van der Waals surface area (Å²) in [5.74, 6) is 0.401. The number of nitrogens with one attached hydrogen (secondary N) is 1. The molecule has 0 atom stereocenters. The zero-order valence-corrected chi connectivity index (χ0v) is 10.5. The lowest BCUT2D eigenvalue weighted by atomic mass is 9.89. The quantitative estimate of drug-likeness (QED) is 0.895. The summed E-state index contributed by atoms with van der Waals surface area (Å²) in [5.41, 5.74) is 0.110. The van der Waals surface area contributed by atoms with Crippen molar-refractivity contribution in [1.82, 2.24) is 15.2 Å². The van der Waals surface area contributed by atoms with Gasteiger partial charge < -0.3 is 0 Å². The molecule has 0 unspecified atom stereocenters. The highest BCUT2D eigenvalue weighted by Gasteiger charge is 2.20. The summed E-state index contributed by atoms with van der Waals surface area (Å²) in [4.78, 5) is 4.33. The Morgan fingerprint density at radius 1 is 1.11 bits per heavy atom. The molecule has 0 spiro atoms. The Morgan fingerprint density at radius 3 is 2.68 bits per heavy atom. The number of halogens is 2. The molecule has 19 heavy (non-hydrogen) atoms. The standard InChI is InChI=1S/C14H15F2N3/c15-10-6-7-12(16)11(8-10)14-17-13(18-19-14)9-4-2-1-3-5-9/h6-9H,1-5H2,(H,17,18,19). The highest BCUT2D eigenvalue weighted by atomic mass is 19.1. The Bertz CT molecular complexity index is 574. The molecule has 1 N–H and O–H groups in total. The van der Waals surface area contributed by atoms with Crippen LogP contribution in [0.15, 0.2) is 18.2 Å². The zero-order chi connectivity index (χ0) is 13.2. The molecule has 1 saturated carbocycles. The lowest BCUT2D eigenvalue weighted by Gasteiger charge is -2.18. The number of benzene rings is 1. The minimum atomic E-state index is -0.504. The van der Waals surface area contributed by atoms with Crippen LogP contribution in [-0.2, 0) is 0 Å². The van der Waals surface area contributed by atoms with Gasteiger partial charge in [-0.1, -0.05) is 19.3 Å². The fraction of sp³-hybridized carbons (Fsp3) is 0.429. The number of rotatable bonds is 2. The Balaban J connectivity index is 1.89. The van der Waals surface area contributed by atoms with Gasteiger partial charge in [-0.05, 0) is 31.0 Å².